The average Bonchev–Trinajstić information content (AvgIpc) is 2.12. The maximum Gasteiger partial charge on any atom is 0.418 e. The summed E-state index contributed by atoms with van der Waals surface area (Å²) < 4.78 is 0. The first-order valence-corrected chi connectivity index (χ1v) is 4.10. The van der Waals surface area contributed by atoms with Crippen molar-refractivity contribution < 1.29 is 24.2 Å². The van der Waals surface area contributed by atoms with Crippen LogP contribution in [0.25, 0.3) is 0 Å². The molecule has 0 radical (unpaired) electrons. The summed E-state index contributed by atoms with van der Waals surface area (Å²) in [6.07, 6.45) is 0.304. The molecule has 0 saturated carbocycles. The quantitative estimate of drug-likeness (QED) is 0.288. The van der Waals surface area contributed by atoms with Crippen LogP contribution < -0.4 is 5.73 Å². The van der Waals surface area contributed by atoms with Crippen LogP contribution in [0.3, 0.4) is 0 Å². The van der Waals surface area contributed by atoms with Crippen molar-refractivity contribution in [1.82, 2.24) is 0 Å². The van der Waals surface area contributed by atoms with E-state index in [9.17, 15) is 14.4 Å². The van der Waals surface area contributed by atoms with Gasteiger partial charge in [-0.05, 0) is 12.3 Å². The summed E-state index contributed by atoms with van der Waals surface area (Å²) in [5.41, 5.74) is 5.39. The van der Waals surface area contributed by atoms with E-state index in [1.165, 1.54) is 0 Å². The summed E-state index contributed by atoms with van der Waals surface area (Å²) in [5.74, 6) is -1.91. The third kappa shape index (κ3) is 5.26. The highest BCUT2D eigenvalue weighted by atomic mass is 17.2. The van der Waals surface area contributed by atoms with Crippen molar-refractivity contribution >= 4 is 18.2 Å². The predicted molar refractivity (Wildman–Crippen MR) is 45.7 cm³/mol. The zero-order valence-electron chi connectivity index (χ0n) is 8.06. The highest BCUT2D eigenvalue weighted by molar-refractivity contribution is 6.20. The fraction of sp³-hybridized carbons (Fsp3) is 0.625. The Morgan fingerprint density at radius 1 is 1.36 bits per heavy atom. The molecule has 0 aromatic rings. The molecule has 0 aliphatic heterocycles. The van der Waals surface area contributed by atoms with E-state index >= 15 is 0 Å². The van der Waals surface area contributed by atoms with Crippen molar-refractivity contribution in [1.29, 1.82) is 0 Å². The second kappa shape index (κ2) is 6.09. The lowest BCUT2D eigenvalue weighted by atomic mass is 10.1. The van der Waals surface area contributed by atoms with Crippen LogP contribution in [0, 0.1) is 5.92 Å². The lowest BCUT2D eigenvalue weighted by Gasteiger charge is -2.10. The first-order valence-electron chi connectivity index (χ1n) is 4.10. The van der Waals surface area contributed by atoms with Gasteiger partial charge in [-0.25, -0.2) is 19.4 Å². The summed E-state index contributed by atoms with van der Waals surface area (Å²) in [7, 11) is 0. The SMILES string of the molecule is CC(C)CC(N)C(=O)OOC(=O)C=O. The molecule has 0 bridgehead atoms. The van der Waals surface area contributed by atoms with Crippen molar-refractivity contribution in [3.8, 4) is 0 Å². The third-order valence-corrected chi connectivity index (χ3v) is 1.33. The molecule has 0 aromatic heterocycles. The molecule has 0 spiro atoms. The van der Waals surface area contributed by atoms with Gasteiger partial charge in [-0.3, -0.25) is 4.79 Å². The molecule has 0 aliphatic rings. The molecule has 14 heavy (non-hydrogen) atoms. The molecular formula is C8H13NO5. The van der Waals surface area contributed by atoms with Gasteiger partial charge in [-0.15, -0.1) is 0 Å². The number of carbonyl (C=O) groups excluding carboxylic acids is 3. The standard InChI is InChI=1S/C8H13NO5/c1-5(2)3-6(9)8(12)14-13-7(11)4-10/h4-6H,3,9H2,1-2H3. The molecule has 6 heteroatoms. The van der Waals surface area contributed by atoms with Crippen LogP contribution in [0.4, 0.5) is 0 Å². The third-order valence-electron chi connectivity index (χ3n) is 1.33. The Labute approximate surface area is 81.3 Å². The number of rotatable bonds is 4. The molecule has 0 fully saturated rings. The second-order valence-electron chi connectivity index (χ2n) is 3.16. The Bertz CT molecular complexity index is 226. The summed E-state index contributed by atoms with van der Waals surface area (Å²) in [6.45, 7) is 3.76. The lowest BCUT2D eigenvalue weighted by molar-refractivity contribution is -0.256. The molecule has 0 heterocycles. The second-order valence-corrected chi connectivity index (χ2v) is 3.16. The van der Waals surface area contributed by atoms with E-state index in [0.29, 0.717) is 6.42 Å². The van der Waals surface area contributed by atoms with E-state index in [2.05, 4.69) is 9.78 Å². The van der Waals surface area contributed by atoms with Gasteiger partial charge in [0.15, 0.2) is 0 Å². The van der Waals surface area contributed by atoms with Gasteiger partial charge in [0.2, 0.25) is 6.29 Å². The van der Waals surface area contributed by atoms with Gasteiger partial charge in [0.05, 0.1) is 0 Å². The molecule has 0 aliphatic carbocycles. The maximum absolute atomic E-state index is 11.0. The van der Waals surface area contributed by atoms with Crippen LogP contribution in [0.15, 0.2) is 0 Å². The molecule has 0 saturated heterocycles. The molecule has 6 nitrogen and oxygen atoms in total. The van der Waals surface area contributed by atoms with E-state index in [4.69, 9.17) is 5.73 Å². The average molecular weight is 203 g/mol. The van der Waals surface area contributed by atoms with Crippen LogP contribution in [-0.2, 0) is 24.2 Å². The van der Waals surface area contributed by atoms with Crippen molar-refractivity contribution in [3.05, 3.63) is 0 Å². The lowest BCUT2D eigenvalue weighted by Crippen LogP contribution is -2.34. The molecule has 1 atom stereocenters. The number of hydrogen-bond acceptors (Lipinski definition) is 6. The van der Waals surface area contributed by atoms with E-state index in [-0.39, 0.29) is 12.2 Å². The molecule has 0 aromatic carbocycles. The van der Waals surface area contributed by atoms with E-state index < -0.39 is 18.0 Å². The molecule has 2 N–H and O–H groups in total. The van der Waals surface area contributed by atoms with Crippen molar-refractivity contribution in [2.24, 2.45) is 11.7 Å². The largest absolute Gasteiger partial charge is 0.418 e. The van der Waals surface area contributed by atoms with Crippen LogP contribution >= 0.6 is 0 Å². The monoisotopic (exact) mass is 203 g/mol. The molecule has 0 amide bonds. The van der Waals surface area contributed by atoms with E-state index in [1.807, 2.05) is 13.8 Å². The Morgan fingerprint density at radius 3 is 2.36 bits per heavy atom. The van der Waals surface area contributed by atoms with E-state index in [0.717, 1.165) is 0 Å². The molecule has 1 unspecified atom stereocenters. The summed E-state index contributed by atoms with van der Waals surface area (Å²) in [4.78, 5) is 38.8. The topological polar surface area (TPSA) is 95.7 Å². The van der Waals surface area contributed by atoms with Gasteiger partial charge in [-0.2, -0.15) is 0 Å². The molecular weight excluding hydrogens is 190 g/mol. The number of carbonyl (C=O) groups is 3. The minimum atomic E-state index is -1.27. The number of aldehydes is 1. The number of nitrogens with two attached hydrogens (primary N) is 1. The highest BCUT2D eigenvalue weighted by Gasteiger charge is 2.19. The molecule has 80 valence electrons. The van der Waals surface area contributed by atoms with E-state index in [1.54, 1.807) is 0 Å². The van der Waals surface area contributed by atoms with Gasteiger partial charge in [0.25, 0.3) is 0 Å². The molecule has 0 rings (SSSR count). The highest BCUT2D eigenvalue weighted by Crippen LogP contribution is 2.03. The van der Waals surface area contributed by atoms with Gasteiger partial charge in [0.1, 0.15) is 6.04 Å². The van der Waals surface area contributed by atoms with Gasteiger partial charge < -0.3 is 5.73 Å². The first kappa shape index (κ1) is 12.6. The first-order chi connectivity index (χ1) is 6.47. The minimum absolute atomic E-state index is 0.110. The minimum Gasteiger partial charge on any atom is -0.318 e. The smallest absolute Gasteiger partial charge is 0.318 e. The Morgan fingerprint density at radius 2 is 1.93 bits per heavy atom. The summed E-state index contributed by atoms with van der Waals surface area (Å²) in [5, 5.41) is 0. The van der Waals surface area contributed by atoms with Crippen molar-refractivity contribution in [2.45, 2.75) is 26.3 Å². The van der Waals surface area contributed by atoms with Crippen LogP contribution in [0.1, 0.15) is 20.3 Å². The fourth-order valence-corrected chi connectivity index (χ4v) is 0.768. The zero-order valence-corrected chi connectivity index (χ0v) is 8.06. The van der Waals surface area contributed by atoms with Crippen molar-refractivity contribution in [3.63, 3.8) is 0 Å². The number of hydrogen-bond donors (Lipinski definition) is 1. The van der Waals surface area contributed by atoms with Crippen molar-refractivity contribution in [2.75, 3.05) is 0 Å². The van der Waals surface area contributed by atoms with Crippen LogP contribution in [-0.4, -0.2) is 24.3 Å². The van der Waals surface area contributed by atoms with Gasteiger partial charge in [-0.1, -0.05) is 13.8 Å². The fourth-order valence-electron chi connectivity index (χ4n) is 0.768. The normalized spacial score (nSPS) is 12.0. The van der Waals surface area contributed by atoms with Gasteiger partial charge >= 0.3 is 11.9 Å². The van der Waals surface area contributed by atoms with Crippen LogP contribution in [0.2, 0.25) is 0 Å². The summed E-state index contributed by atoms with van der Waals surface area (Å²) in [6, 6.07) is -0.852. The Balaban J connectivity index is 3.84. The summed E-state index contributed by atoms with van der Waals surface area (Å²) >= 11 is 0. The van der Waals surface area contributed by atoms with Gasteiger partial charge in [0, 0.05) is 0 Å². The van der Waals surface area contributed by atoms with Crippen LogP contribution in [0.5, 0.6) is 0 Å². The predicted octanol–water partition coefficient (Wildman–Crippen LogP) is -0.440. The Hall–Kier alpha value is -1.43. The maximum atomic E-state index is 11.0. The Kier molecular flexibility index (Phi) is 5.47. The zero-order chi connectivity index (χ0) is 11.1.